The Bertz CT molecular complexity index is 1210. The summed E-state index contributed by atoms with van der Waals surface area (Å²) in [6.45, 7) is 1.62. The summed E-state index contributed by atoms with van der Waals surface area (Å²) in [5.74, 6) is 1.44. The monoisotopic (exact) mass is 503 g/mol. The molecule has 1 aromatic carbocycles. The summed E-state index contributed by atoms with van der Waals surface area (Å²) in [6.07, 6.45) is 4.61. The number of rotatable bonds is 7. The fraction of sp³-hybridized carbons (Fsp3) is 0.552. The second-order valence-electron chi connectivity index (χ2n) is 12.1. The fourth-order valence-corrected chi connectivity index (χ4v) is 8.14. The highest BCUT2D eigenvalue weighted by Gasteiger charge is 2.60. The molecule has 8 rings (SSSR count). The molecular weight excluding hydrogens is 470 g/mol. The largest absolute Gasteiger partial charge is 0.481 e. The molecule has 194 valence electrons. The molecule has 2 heterocycles. The van der Waals surface area contributed by atoms with E-state index in [2.05, 4.69) is 10.2 Å². The zero-order valence-corrected chi connectivity index (χ0v) is 20.8. The number of aliphatic carboxylic acids is 1. The van der Waals surface area contributed by atoms with E-state index >= 15 is 0 Å². The van der Waals surface area contributed by atoms with Gasteiger partial charge in [-0.2, -0.15) is 4.98 Å². The lowest BCUT2D eigenvalue weighted by molar-refractivity contribution is -0.139. The zero-order valence-electron chi connectivity index (χ0n) is 20.8. The highest BCUT2D eigenvalue weighted by molar-refractivity contribution is 5.97. The maximum atomic E-state index is 13.6. The fourth-order valence-electron chi connectivity index (χ4n) is 8.14. The van der Waals surface area contributed by atoms with Gasteiger partial charge in [0.1, 0.15) is 18.0 Å². The number of aliphatic hydroxyl groups is 1. The Morgan fingerprint density at radius 3 is 2.38 bits per heavy atom. The second kappa shape index (κ2) is 8.45. The topological polar surface area (TPSA) is 112 Å². The molecule has 6 aliphatic rings. The van der Waals surface area contributed by atoms with Crippen molar-refractivity contribution in [1.29, 1.82) is 0 Å². The molecule has 3 unspecified atom stereocenters. The van der Waals surface area contributed by atoms with Crippen LogP contribution in [0.15, 0.2) is 42.5 Å². The molecule has 0 spiro atoms. The van der Waals surface area contributed by atoms with E-state index < -0.39 is 11.6 Å². The molecule has 3 N–H and O–H groups in total. The first-order valence-corrected chi connectivity index (χ1v) is 13.6. The van der Waals surface area contributed by atoms with E-state index in [1.807, 2.05) is 36.4 Å². The lowest BCUT2D eigenvalue weighted by atomic mass is 9.52. The first-order valence-electron chi connectivity index (χ1n) is 13.6. The van der Waals surface area contributed by atoms with Crippen molar-refractivity contribution in [2.45, 2.75) is 50.4 Å². The summed E-state index contributed by atoms with van der Waals surface area (Å²) in [6, 6.07) is 13.5. The number of pyridine rings is 1. The highest BCUT2D eigenvalue weighted by atomic mass is 16.5. The minimum absolute atomic E-state index is 0.0737. The third-order valence-corrected chi connectivity index (χ3v) is 9.65. The first-order chi connectivity index (χ1) is 17.9. The predicted molar refractivity (Wildman–Crippen MR) is 135 cm³/mol. The zero-order chi connectivity index (χ0) is 25.3. The molecule has 2 aromatic rings. The smallest absolute Gasteiger partial charge is 0.307 e. The third kappa shape index (κ3) is 4.06. The standard InChI is InChI=1S/C29H33N3O5/c33-26(31-25-18-8-17-9-19(25)12-29(36,10-17)11-18)20-6-7-23(32-13-21-22(14-32)24(21)28(34)35)30-27(20)37-15-16-4-2-1-3-5-16/h1-7,17-19,21-22,24-25,36H,8-15H2,(H,31,33)(H,34,35)/t17?,18?,19?,21-,22+,24?,25?,29?. The minimum Gasteiger partial charge on any atom is -0.481 e. The van der Waals surface area contributed by atoms with Crippen molar-refractivity contribution in [3.8, 4) is 5.88 Å². The van der Waals surface area contributed by atoms with Gasteiger partial charge in [-0.25, -0.2) is 0 Å². The number of carboxylic acids is 1. The normalized spacial score (nSPS) is 36.8. The maximum absolute atomic E-state index is 13.6. The Balaban J connectivity index is 1.11. The van der Waals surface area contributed by atoms with Crippen LogP contribution in [0.25, 0.3) is 0 Å². The number of amides is 1. The average molecular weight is 504 g/mol. The van der Waals surface area contributed by atoms with Crippen molar-refractivity contribution in [3.63, 3.8) is 0 Å². The molecular formula is C29H33N3O5. The van der Waals surface area contributed by atoms with Crippen LogP contribution in [0.5, 0.6) is 5.88 Å². The molecule has 5 aliphatic carbocycles. The number of nitrogens with zero attached hydrogens (tertiary/aromatic N) is 2. The van der Waals surface area contributed by atoms with Gasteiger partial charge in [0.2, 0.25) is 5.88 Å². The van der Waals surface area contributed by atoms with Gasteiger partial charge in [-0.1, -0.05) is 30.3 Å². The molecule has 0 radical (unpaired) electrons. The maximum Gasteiger partial charge on any atom is 0.307 e. The van der Waals surface area contributed by atoms with E-state index in [1.165, 1.54) is 0 Å². The van der Waals surface area contributed by atoms with E-state index in [0.717, 1.165) is 37.7 Å². The van der Waals surface area contributed by atoms with Crippen LogP contribution < -0.4 is 15.0 Å². The SMILES string of the molecule is O=C(NC1C2CC3CC1CC(O)(C3)C2)c1ccc(N2C[C@@H]3C(C(=O)O)[C@@H]3C2)nc1OCc1ccccc1. The quantitative estimate of drug-likeness (QED) is 0.532. The number of carbonyl (C=O) groups is 2. The van der Waals surface area contributed by atoms with E-state index in [4.69, 9.17) is 9.72 Å². The Kier molecular flexibility index (Phi) is 5.26. The number of fused-ring (bicyclic) bond motifs is 1. The Morgan fingerprint density at radius 1 is 1.03 bits per heavy atom. The second-order valence-corrected chi connectivity index (χ2v) is 12.1. The van der Waals surface area contributed by atoms with Crippen molar-refractivity contribution in [3.05, 3.63) is 53.6 Å². The van der Waals surface area contributed by atoms with E-state index in [-0.39, 0.29) is 29.7 Å². The van der Waals surface area contributed by atoms with Gasteiger partial charge in [-0.15, -0.1) is 0 Å². The molecule has 37 heavy (non-hydrogen) atoms. The number of carbonyl (C=O) groups excluding carboxylic acids is 1. The summed E-state index contributed by atoms with van der Waals surface area (Å²) in [7, 11) is 0. The molecule has 1 aliphatic heterocycles. The van der Waals surface area contributed by atoms with Gasteiger partial charge in [0.15, 0.2) is 0 Å². The van der Waals surface area contributed by atoms with Crippen LogP contribution in [0.3, 0.4) is 0 Å². The van der Waals surface area contributed by atoms with E-state index in [1.54, 1.807) is 6.07 Å². The van der Waals surface area contributed by atoms with Crippen LogP contribution in [0, 0.1) is 35.5 Å². The van der Waals surface area contributed by atoms with Crippen LogP contribution in [-0.4, -0.2) is 51.8 Å². The molecule has 8 heteroatoms. The van der Waals surface area contributed by atoms with Crippen molar-refractivity contribution < 1.29 is 24.5 Å². The van der Waals surface area contributed by atoms with Gasteiger partial charge >= 0.3 is 5.97 Å². The van der Waals surface area contributed by atoms with Gasteiger partial charge < -0.3 is 25.2 Å². The van der Waals surface area contributed by atoms with Crippen LogP contribution >= 0.6 is 0 Å². The van der Waals surface area contributed by atoms with Gasteiger partial charge in [0.25, 0.3) is 5.91 Å². The minimum atomic E-state index is -0.710. The van der Waals surface area contributed by atoms with Gasteiger partial charge in [-0.05, 0) is 79.4 Å². The Labute approximate surface area is 216 Å². The summed E-state index contributed by atoms with van der Waals surface area (Å²) < 4.78 is 6.13. The Hall–Kier alpha value is -3.13. The summed E-state index contributed by atoms with van der Waals surface area (Å²) in [5.41, 5.74) is 0.864. The summed E-state index contributed by atoms with van der Waals surface area (Å²) in [4.78, 5) is 31.8. The predicted octanol–water partition coefficient (Wildman–Crippen LogP) is 3.10. The molecule has 5 saturated carbocycles. The lowest BCUT2D eigenvalue weighted by Crippen LogP contribution is -2.61. The van der Waals surface area contributed by atoms with Crippen molar-refractivity contribution in [2.24, 2.45) is 35.5 Å². The molecule has 5 atom stereocenters. The van der Waals surface area contributed by atoms with Crippen molar-refractivity contribution in [2.75, 3.05) is 18.0 Å². The van der Waals surface area contributed by atoms with Crippen molar-refractivity contribution >= 4 is 17.7 Å². The number of anilines is 1. The molecule has 1 aromatic heterocycles. The number of benzene rings is 1. The summed E-state index contributed by atoms with van der Waals surface area (Å²) in [5, 5.41) is 23.6. The van der Waals surface area contributed by atoms with Gasteiger partial charge in [0.05, 0.1) is 11.5 Å². The van der Waals surface area contributed by atoms with Crippen LogP contribution in [-0.2, 0) is 11.4 Å². The molecule has 4 bridgehead atoms. The number of ether oxygens (including phenoxy) is 1. The number of hydrogen-bond acceptors (Lipinski definition) is 6. The average Bonchev–Trinajstić information content (AvgIpc) is 3.39. The number of hydrogen-bond donors (Lipinski definition) is 3. The van der Waals surface area contributed by atoms with Crippen LogP contribution in [0.4, 0.5) is 5.82 Å². The lowest BCUT2D eigenvalue weighted by Gasteiger charge is -2.58. The van der Waals surface area contributed by atoms with Gasteiger partial charge in [-0.3, -0.25) is 9.59 Å². The number of nitrogens with one attached hydrogen (secondary N) is 1. The van der Waals surface area contributed by atoms with Crippen LogP contribution in [0.2, 0.25) is 0 Å². The third-order valence-electron chi connectivity index (χ3n) is 9.65. The van der Waals surface area contributed by atoms with Crippen molar-refractivity contribution in [1.82, 2.24) is 10.3 Å². The molecule has 1 amide bonds. The van der Waals surface area contributed by atoms with Crippen LogP contribution in [0.1, 0.15) is 48.0 Å². The number of aromatic nitrogens is 1. The number of carboxylic acid groups (broad SMARTS) is 1. The molecule has 1 saturated heterocycles. The molecule has 8 nitrogen and oxygen atoms in total. The van der Waals surface area contributed by atoms with Gasteiger partial charge in [0, 0.05) is 19.1 Å². The summed E-state index contributed by atoms with van der Waals surface area (Å²) >= 11 is 0. The number of piperidine rings is 1. The highest BCUT2D eigenvalue weighted by Crippen LogP contribution is 2.56. The Morgan fingerprint density at radius 2 is 1.73 bits per heavy atom. The molecule has 6 fully saturated rings. The van der Waals surface area contributed by atoms with E-state index in [9.17, 15) is 19.8 Å². The first kappa shape index (κ1) is 23.0. The van der Waals surface area contributed by atoms with E-state index in [0.29, 0.717) is 54.7 Å².